The van der Waals surface area contributed by atoms with E-state index in [1.807, 2.05) is 13.0 Å². The van der Waals surface area contributed by atoms with Crippen LogP contribution < -0.4 is 15.0 Å². The molecule has 1 atom stereocenters. The molecule has 1 aliphatic rings. The molecule has 1 aliphatic heterocycles. The van der Waals surface area contributed by atoms with Crippen molar-refractivity contribution in [2.45, 2.75) is 26.1 Å². The van der Waals surface area contributed by atoms with Crippen LogP contribution in [0.5, 0.6) is 5.88 Å². The van der Waals surface area contributed by atoms with Crippen molar-refractivity contribution in [2.24, 2.45) is 0 Å². The van der Waals surface area contributed by atoms with Gasteiger partial charge in [0.25, 0.3) is 11.8 Å². The number of rotatable bonds is 7. The number of hydrogen-bond acceptors (Lipinski definition) is 8. The third kappa shape index (κ3) is 5.88. The highest BCUT2D eigenvalue weighted by Gasteiger charge is 2.31. The standard InChI is InChI=1S/C27H26F3N7O3/c1-3-39-26-22(37-9-10-40-23(15-37)24-31-7-8-32-24)13-21(35-36-26)20-12-19(14-33-16(20)2)34-25(38)17-5-4-6-18(11-17)27(28,29)30/h4-8,11-14,23H,3,9-10,15H2,1-2H3,(H,31,32)(H,34,38). The second kappa shape index (κ2) is 11.3. The van der Waals surface area contributed by atoms with Crippen LogP contribution in [0.25, 0.3) is 11.3 Å². The van der Waals surface area contributed by atoms with E-state index in [1.165, 1.54) is 18.3 Å². The molecule has 1 unspecified atom stereocenters. The molecule has 1 aromatic carbocycles. The Labute approximate surface area is 227 Å². The molecule has 4 aromatic rings. The largest absolute Gasteiger partial charge is 0.475 e. The zero-order chi connectivity index (χ0) is 28.3. The smallest absolute Gasteiger partial charge is 0.416 e. The number of carbonyl (C=O) groups excluding carboxylic acids is 1. The number of morpholine rings is 1. The second-order valence-corrected chi connectivity index (χ2v) is 9.02. The van der Waals surface area contributed by atoms with Crippen molar-refractivity contribution in [2.75, 3.05) is 36.5 Å². The molecule has 5 rings (SSSR count). The van der Waals surface area contributed by atoms with Gasteiger partial charge in [-0.2, -0.15) is 13.2 Å². The topological polar surface area (TPSA) is 118 Å². The molecule has 208 valence electrons. The number of pyridine rings is 1. The normalized spacial score (nSPS) is 15.6. The Morgan fingerprint density at radius 2 is 2.08 bits per heavy atom. The van der Waals surface area contributed by atoms with E-state index >= 15 is 0 Å². The van der Waals surface area contributed by atoms with E-state index in [4.69, 9.17) is 9.47 Å². The summed E-state index contributed by atoms with van der Waals surface area (Å²) in [5, 5.41) is 11.3. The second-order valence-electron chi connectivity index (χ2n) is 9.02. The minimum absolute atomic E-state index is 0.126. The quantitative estimate of drug-likeness (QED) is 0.335. The summed E-state index contributed by atoms with van der Waals surface area (Å²) in [6.45, 7) is 5.59. The number of hydrogen-bond donors (Lipinski definition) is 2. The molecular weight excluding hydrogens is 527 g/mol. The number of H-pyrrole nitrogens is 1. The molecule has 4 heterocycles. The fourth-order valence-electron chi connectivity index (χ4n) is 4.36. The summed E-state index contributed by atoms with van der Waals surface area (Å²) in [5.41, 5.74) is 1.68. The van der Waals surface area contributed by atoms with E-state index in [0.29, 0.717) is 66.3 Å². The van der Waals surface area contributed by atoms with Crippen LogP contribution in [0.1, 0.15) is 40.5 Å². The van der Waals surface area contributed by atoms with Crippen molar-refractivity contribution in [1.82, 2.24) is 25.1 Å². The van der Waals surface area contributed by atoms with Gasteiger partial charge in [-0.25, -0.2) is 4.98 Å². The Morgan fingerprint density at radius 3 is 2.83 bits per heavy atom. The number of alkyl halides is 3. The van der Waals surface area contributed by atoms with Crippen LogP contribution in [0.2, 0.25) is 0 Å². The van der Waals surface area contributed by atoms with Crippen LogP contribution >= 0.6 is 0 Å². The summed E-state index contributed by atoms with van der Waals surface area (Å²) >= 11 is 0. The number of aryl methyl sites for hydroxylation is 1. The molecule has 10 nitrogen and oxygen atoms in total. The zero-order valence-electron chi connectivity index (χ0n) is 21.7. The van der Waals surface area contributed by atoms with Gasteiger partial charge in [-0.05, 0) is 44.2 Å². The van der Waals surface area contributed by atoms with E-state index < -0.39 is 17.6 Å². The average Bonchev–Trinajstić information content (AvgIpc) is 3.50. The number of benzene rings is 1. The number of imidazole rings is 1. The molecule has 0 saturated carbocycles. The van der Waals surface area contributed by atoms with Crippen LogP contribution in [0, 0.1) is 6.92 Å². The number of nitrogens with one attached hydrogen (secondary N) is 2. The molecule has 0 bridgehead atoms. The number of ether oxygens (including phenoxy) is 2. The van der Waals surface area contributed by atoms with Gasteiger partial charge in [0, 0.05) is 35.8 Å². The maximum absolute atomic E-state index is 13.1. The van der Waals surface area contributed by atoms with Crippen LogP contribution in [0.3, 0.4) is 0 Å². The Hall–Kier alpha value is -4.52. The van der Waals surface area contributed by atoms with Crippen LogP contribution in [-0.4, -0.2) is 57.4 Å². The van der Waals surface area contributed by atoms with Crippen molar-refractivity contribution >= 4 is 17.3 Å². The number of anilines is 2. The van der Waals surface area contributed by atoms with Crippen molar-refractivity contribution < 1.29 is 27.4 Å². The molecule has 0 radical (unpaired) electrons. The predicted molar refractivity (Wildman–Crippen MR) is 140 cm³/mol. The lowest BCUT2D eigenvalue weighted by molar-refractivity contribution is -0.137. The minimum atomic E-state index is -4.56. The summed E-state index contributed by atoms with van der Waals surface area (Å²) in [5.74, 6) is 0.388. The van der Waals surface area contributed by atoms with Gasteiger partial charge in [0.1, 0.15) is 17.6 Å². The molecule has 40 heavy (non-hydrogen) atoms. The summed E-state index contributed by atoms with van der Waals surface area (Å²) < 4.78 is 51.0. The number of amides is 1. The summed E-state index contributed by atoms with van der Waals surface area (Å²) in [6.07, 6.45) is 0.0154. The first-order valence-corrected chi connectivity index (χ1v) is 12.5. The Bertz CT molecular complexity index is 1500. The lowest BCUT2D eigenvalue weighted by atomic mass is 10.1. The van der Waals surface area contributed by atoms with Gasteiger partial charge >= 0.3 is 6.18 Å². The fourth-order valence-corrected chi connectivity index (χ4v) is 4.36. The number of aromatic nitrogens is 5. The zero-order valence-corrected chi connectivity index (χ0v) is 21.7. The maximum atomic E-state index is 13.1. The monoisotopic (exact) mass is 553 g/mol. The maximum Gasteiger partial charge on any atom is 0.416 e. The highest BCUT2D eigenvalue weighted by Crippen LogP contribution is 2.34. The molecule has 1 saturated heterocycles. The number of nitrogens with zero attached hydrogens (tertiary/aromatic N) is 5. The molecule has 0 spiro atoms. The highest BCUT2D eigenvalue weighted by molar-refractivity contribution is 6.04. The first kappa shape index (κ1) is 27.1. The highest BCUT2D eigenvalue weighted by atomic mass is 19.4. The third-order valence-corrected chi connectivity index (χ3v) is 6.33. The molecule has 13 heteroatoms. The van der Waals surface area contributed by atoms with Crippen molar-refractivity contribution in [3.63, 3.8) is 0 Å². The van der Waals surface area contributed by atoms with E-state index in [1.54, 1.807) is 25.4 Å². The fraction of sp³-hybridized carbons (Fsp3) is 0.296. The molecule has 3 aromatic heterocycles. The Kier molecular flexibility index (Phi) is 7.65. The van der Waals surface area contributed by atoms with Crippen LogP contribution in [-0.2, 0) is 10.9 Å². The molecule has 1 fully saturated rings. The van der Waals surface area contributed by atoms with Crippen LogP contribution in [0.15, 0.2) is 55.0 Å². The van der Waals surface area contributed by atoms with E-state index in [9.17, 15) is 18.0 Å². The molecular formula is C27H26F3N7O3. The number of carbonyl (C=O) groups is 1. The SMILES string of the molecule is CCOc1nnc(-c2cc(NC(=O)c3cccc(C(F)(F)F)c3)cnc2C)cc1N1CCOC(c2ncc[nH]2)C1. The van der Waals surface area contributed by atoms with Crippen molar-refractivity contribution in [3.05, 3.63) is 77.6 Å². The summed E-state index contributed by atoms with van der Waals surface area (Å²) in [4.78, 5) is 26.6. The average molecular weight is 554 g/mol. The minimum Gasteiger partial charge on any atom is -0.475 e. The van der Waals surface area contributed by atoms with Crippen molar-refractivity contribution in [3.8, 4) is 17.1 Å². The summed E-state index contributed by atoms with van der Waals surface area (Å²) in [6, 6.07) is 7.72. The lowest BCUT2D eigenvalue weighted by Crippen LogP contribution is -2.39. The Morgan fingerprint density at radius 1 is 1.23 bits per heavy atom. The first-order chi connectivity index (χ1) is 19.2. The number of halogens is 3. The van der Waals surface area contributed by atoms with E-state index in [2.05, 4.69) is 35.4 Å². The molecule has 0 aliphatic carbocycles. The predicted octanol–water partition coefficient (Wildman–Crippen LogP) is 4.82. The van der Waals surface area contributed by atoms with Gasteiger partial charge < -0.3 is 24.7 Å². The van der Waals surface area contributed by atoms with Crippen LogP contribution in [0.4, 0.5) is 24.5 Å². The third-order valence-electron chi connectivity index (χ3n) is 6.33. The lowest BCUT2D eigenvalue weighted by Gasteiger charge is -2.34. The van der Waals surface area contributed by atoms with E-state index in [0.717, 1.165) is 12.1 Å². The Balaban J connectivity index is 1.43. The van der Waals surface area contributed by atoms with Gasteiger partial charge in [-0.3, -0.25) is 9.78 Å². The van der Waals surface area contributed by atoms with Crippen molar-refractivity contribution in [1.29, 1.82) is 0 Å². The number of aromatic amines is 1. The van der Waals surface area contributed by atoms with Gasteiger partial charge in [0.2, 0.25) is 0 Å². The summed E-state index contributed by atoms with van der Waals surface area (Å²) in [7, 11) is 0. The molecule has 2 N–H and O–H groups in total. The van der Waals surface area contributed by atoms with E-state index in [-0.39, 0.29) is 11.7 Å². The van der Waals surface area contributed by atoms with Gasteiger partial charge in [-0.15, -0.1) is 10.2 Å². The first-order valence-electron chi connectivity index (χ1n) is 12.5. The van der Waals surface area contributed by atoms with Gasteiger partial charge in [-0.1, -0.05) is 6.07 Å². The van der Waals surface area contributed by atoms with Gasteiger partial charge in [0.05, 0.1) is 42.9 Å². The molecule has 1 amide bonds. The van der Waals surface area contributed by atoms with Gasteiger partial charge in [0.15, 0.2) is 0 Å².